The minimum Gasteiger partial charge on any atom is -0.192 e. The number of halogens is 2. The highest BCUT2D eigenvalue weighted by atomic mass is 79.9. The van der Waals surface area contributed by atoms with E-state index in [1.165, 1.54) is 0 Å². The van der Waals surface area contributed by atoms with E-state index < -0.39 is 0 Å². The molecule has 0 amide bonds. The second-order valence-corrected chi connectivity index (χ2v) is 2.95. The zero-order chi connectivity index (χ0) is 7.56. The Balaban J connectivity index is 3.31. The minimum absolute atomic E-state index is 0.477. The van der Waals surface area contributed by atoms with Gasteiger partial charge in [-0.05, 0) is 28.1 Å². The molecule has 0 N–H and O–H groups in total. The summed E-state index contributed by atoms with van der Waals surface area (Å²) in [5.74, 6) is 0. The van der Waals surface area contributed by atoms with E-state index in [0.29, 0.717) is 10.6 Å². The van der Waals surface area contributed by atoms with E-state index >= 15 is 0 Å². The fourth-order valence-corrected chi connectivity index (χ4v) is 1.12. The van der Waals surface area contributed by atoms with Crippen LogP contribution in [0.2, 0.25) is 5.02 Å². The molecule has 0 aliphatic heterocycles. The maximum atomic E-state index is 8.49. The van der Waals surface area contributed by atoms with Crippen LogP contribution in [0.4, 0.5) is 0 Å². The lowest BCUT2D eigenvalue weighted by molar-refractivity contribution is 1.47. The summed E-state index contributed by atoms with van der Waals surface area (Å²) in [6.07, 6.45) is 0. The third-order valence-corrected chi connectivity index (χ3v) is 2.37. The van der Waals surface area contributed by atoms with Crippen molar-refractivity contribution < 1.29 is 0 Å². The van der Waals surface area contributed by atoms with Crippen LogP contribution in [0.1, 0.15) is 5.56 Å². The summed E-state index contributed by atoms with van der Waals surface area (Å²) in [5.41, 5.74) is 0.496. The molecule has 0 saturated heterocycles. The molecule has 1 rings (SSSR count). The molecule has 1 aromatic rings. The van der Waals surface area contributed by atoms with Crippen LogP contribution in [0.5, 0.6) is 0 Å². The first kappa shape index (κ1) is 7.59. The lowest BCUT2D eigenvalue weighted by Crippen LogP contribution is -1.75. The van der Waals surface area contributed by atoms with Crippen LogP contribution < -0.4 is 0 Å². The quantitative estimate of drug-likeness (QED) is 0.654. The number of nitriles is 1. The van der Waals surface area contributed by atoms with Gasteiger partial charge in [-0.2, -0.15) is 5.26 Å². The van der Waals surface area contributed by atoms with E-state index in [1.54, 1.807) is 18.2 Å². The van der Waals surface area contributed by atoms with Crippen molar-refractivity contribution in [3.63, 3.8) is 0 Å². The van der Waals surface area contributed by atoms with Gasteiger partial charge in [-0.3, -0.25) is 0 Å². The maximum Gasteiger partial charge on any atom is 0.101 e. The Morgan fingerprint density at radius 3 is 2.70 bits per heavy atom. The standard InChI is InChI=1S/C7H3BrClN/c8-6-3-1-2-5(4-10)7(6)9/h1-3H. The predicted molar refractivity (Wildman–Crippen MR) is 43.9 cm³/mol. The summed E-state index contributed by atoms with van der Waals surface area (Å²) in [6, 6.07) is 7.21. The van der Waals surface area contributed by atoms with Gasteiger partial charge in [0.25, 0.3) is 0 Å². The molecule has 3 heteroatoms. The highest BCUT2D eigenvalue weighted by molar-refractivity contribution is 9.10. The molecular weight excluding hydrogens is 213 g/mol. The van der Waals surface area contributed by atoms with Gasteiger partial charge >= 0.3 is 0 Å². The molecule has 1 nitrogen and oxygen atoms in total. The van der Waals surface area contributed by atoms with Gasteiger partial charge in [-0.15, -0.1) is 0 Å². The third kappa shape index (κ3) is 1.31. The summed E-state index contributed by atoms with van der Waals surface area (Å²) in [5, 5.41) is 8.96. The molecule has 0 fully saturated rings. The fourth-order valence-electron chi connectivity index (χ4n) is 0.590. The zero-order valence-electron chi connectivity index (χ0n) is 4.94. The first-order valence-corrected chi connectivity index (χ1v) is 3.77. The summed E-state index contributed by atoms with van der Waals surface area (Å²) in [6.45, 7) is 0. The van der Waals surface area contributed by atoms with Crippen molar-refractivity contribution in [1.29, 1.82) is 5.26 Å². The van der Waals surface area contributed by atoms with Gasteiger partial charge in [0.15, 0.2) is 0 Å². The van der Waals surface area contributed by atoms with Crippen molar-refractivity contribution in [2.45, 2.75) is 0 Å². The van der Waals surface area contributed by atoms with Crippen LogP contribution in [0.3, 0.4) is 0 Å². The van der Waals surface area contributed by atoms with Crippen LogP contribution in [-0.2, 0) is 0 Å². The molecule has 0 unspecified atom stereocenters. The molecule has 0 aromatic heterocycles. The van der Waals surface area contributed by atoms with Crippen LogP contribution >= 0.6 is 27.5 Å². The zero-order valence-corrected chi connectivity index (χ0v) is 7.28. The number of rotatable bonds is 0. The van der Waals surface area contributed by atoms with Crippen molar-refractivity contribution >= 4 is 27.5 Å². The van der Waals surface area contributed by atoms with E-state index in [-0.39, 0.29) is 0 Å². The van der Waals surface area contributed by atoms with Gasteiger partial charge in [0.1, 0.15) is 6.07 Å². The minimum atomic E-state index is 0.477. The Kier molecular flexibility index (Phi) is 2.31. The first-order chi connectivity index (χ1) is 4.75. The van der Waals surface area contributed by atoms with E-state index in [9.17, 15) is 0 Å². The van der Waals surface area contributed by atoms with E-state index in [1.807, 2.05) is 6.07 Å². The van der Waals surface area contributed by atoms with Gasteiger partial charge in [0.05, 0.1) is 10.6 Å². The Hall–Kier alpha value is -0.520. The predicted octanol–water partition coefficient (Wildman–Crippen LogP) is 2.97. The summed E-state index contributed by atoms with van der Waals surface area (Å²) < 4.78 is 0.758. The van der Waals surface area contributed by atoms with Crippen LogP contribution in [0.25, 0.3) is 0 Å². The van der Waals surface area contributed by atoms with Crippen LogP contribution in [-0.4, -0.2) is 0 Å². The fraction of sp³-hybridized carbons (Fsp3) is 0. The summed E-state index contributed by atoms with van der Waals surface area (Å²) in [7, 11) is 0. The number of hydrogen-bond acceptors (Lipinski definition) is 1. The first-order valence-electron chi connectivity index (χ1n) is 2.60. The number of nitrogens with zero attached hydrogens (tertiary/aromatic N) is 1. The Labute approximate surface area is 72.4 Å². The van der Waals surface area contributed by atoms with Crippen molar-refractivity contribution in [3.05, 3.63) is 33.3 Å². The second kappa shape index (κ2) is 3.05. The molecule has 0 saturated carbocycles. The molecule has 0 atom stereocenters. The summed E-state index contributed by atoms with van der Waals surface area (Å²) in [4.78, 5) is 0. The SMILES string of the molecule is N#Cc1cccc(Br)c1Cl. The number of benzene rings is 1. The Morgan fingerprint density at radius 1 is 1.50 bits per heavy atom. The third-order valence-electron chi connectivity index (χ3n) is 1.07. The highest BCUT2D eigenvalue weighted by Gasteiger charge is 2.00. The Bertz CT molecular complexity index is 290. The lowest BCUT2D eigenvalue weighted by atomic mass is 10.2. The van der Waals surface area contributed by atoms with Gasteiger partial charge in [0.2, 0.25) is 0 Å². The van der Waals surface area contributed by atoms with Crippen molar-refractivity contribution in [3.8, 4) is 6.07 Å². The normalized spacial score (nSPS) is 8.90. The average molecular weight is 216 g/mol. The second-order valence-electron chi connectivity index (χ2n) is 1.71. The van der Waals surface area contributed by atoms with E-state index in [0.717, 1.165) is 4.47 Å². The van der Waals surface area contributed by atoms with Gasteiger partial charge in [0, 0.05) is 4.47 Å². The van der Waals surface area contributed by atoms with Crippen LogP contribution in [0.15, 0.2) is 22.7 Å². The topological polar surface area (TPSA) is 23.8 Å². The van der Waals surface area contributed by atoms with Crippen molar-refractivity contribution in [2.24, 2.45) is 0 Å². The molecule has 0 aliphatic rings. The maximum absolute atomic E-state index is 8.49. The average Bonchev–Trinajstić information content (AvgIpc) is 1.95. The molecule has 0 spiro atoms. The lowest BCUT2D eigenvalue weighted by Gasteiger charge is -1.94. The monoisotopic (exact) mass is 215 g/mol. The molecule has 1 aromatic carbocycles. The van der Waals surface area contributed by atoms with E-state index in [2.05, 4.69) is 15.9 Å². The molecule has 50 valence electrons. The molecule has 0 radical (unpaired) electrons. The van der Waals surface area contributed by atoms with Gasteiger partial charge in [-0.1, -0.05) is 17.7 Å². The molecule has 10 heavy (non-hydrogen) atoms. The summed E-state index contributed by atoms with van der Waals surface area (Å²) >= 11 is 8.93. The highest BCUT2D eigenvalue weighted by Crippen LogP contribution is 2.24. The molecule has 0 heterocycles. The number of hydrogen-bond donors (Lipinski definition) is 0. The molecule has 0 bridgehead atoms. The van der Waals surface area contributed by atoms with Gasteiger partial charge in [-0.25, -0.2) is 0 Å². The Morgan fingerprint density at radius 2 is 2.20 bits per heavy atom. The van der Waals surface area contributed by atoms with Crippen molar-refractivity contribution in [1.82, 2.24) is 0 Å². The largest absolute Gasteiger partial charge is 0.192 e. The smallest absolute Gasteiger partial charge is 0.101 e. The van der Waals surface area contributed by atoms with E-state index in [4.69, 9.17) is 16.9 Å². The van der Waals surface area contributed by atoms with Gasteiger partial charge < -0.3 is 0 Å². The van der Waals surface area contributed by atoms with Crippen LogP contribution in [0, 0.1) is 11.3 Å². The van der Waals surface area contributed by atoms with Crippen molar-refractivity contribution in [2.75, 3.05) is 0 Å². The molecular formula is C7H3BrClN. The molecule has 0 aliphatic carbocycles.